The van der Waals surface area contributed by atoms with Crippen molar-refractivity contribution in [3.8, 4) is 6.19 Å². The average Bonchev–Trinajstić information content (AvgIpc) is 3.31. The highest BCUT2D eigenvalue weighted by molar-refractivity contribution is 5.92. The summed E-state index contributed by atoms with van der Waals surface area (Å²) in [6.45, 7) is 0.912. The van der Waals surface area contributed by atoms with E-state index in [0.29, 0.717) is 51.0 Å². The highest BCUT2D eigenvalue weighted by Gasteiger charge is 2.37. The molecule has 0 radical (unpaired) electrons. The van der Waals surface area contributed by atoms with E-state index in [4.69, 9.17) is 5.26 Å². The van der Waals surface area contributed by atoms with Gasteiger partial charge in [-0.05, 0) is 55.9 Å². The Labute approximate surface area is 209 Å². The average molecular weight is 532 g/mol. The molecular formula is C23H26F6N6O2. The van der Waals surface area contributed by atoms with Crippen molar-refractivity contribution in [3.05, 3.63) is 34.9 Å². The summed E-state index contributed by atoms with van der Waals surface area (Å²) in [5, 5.41) is 14.0. The summed E-state index contributed by atoms with van der Waals surface area (Å²) in [5.74, 6) is -0.851. The lowest BCUT2D eigenvalue weighted by atomic mass is 10.0. The molecule has 0 spiro atoms. The Morgan fingerprint density at radius 3 is 2.16 bits per heavy atom. The topological polar surface area (TPSA) is 101 Å². The molecule has 3 rings (SSSR count). The molecule has 2 fully saturated rings. The number of nitrogens with one attached hydrogen (secondary N) is 2. The van der Waals surface area contributed by atoms with E-state index < -0.39 is 42.0 Å². The van der Waals surface area contributed by atoms with Gasteiger partial charge >= 0.3 is 12.4 Å². The van der Waals surface area contributed by atoms with Crippen molar-refractivity contribution in [1.82, 2.24) is 20.4 Å². The first-order valence-electron chi connectivity index (χ1n) is 11.7. The van der Waals surface area contributed by atoms with Gasteiger partial charge < -0.3 is 15.1 Å². The van der Waals surface area contributed by atoms with E-state index >= 15 is 0 Å². The van der Waals surface area contributed by atoms with Gasteiger partial charge in [0, 0.05) is 19.6 Å². The third-order valence-corrected chi connectivity index (χ3v) is 6.12. The van der Waals surface area contributed by atoms with Crippen LogP contribution in [0.5, 0.6) is 0 Å². The summed E-state index contributed by atoms with van der Waals surface area (Å²) in [5.41, 5.74) is -3.34. The normalized spacial score (nSPS) is 19.4. The molecule has 2 aliphatic rings. The highest BCUT2D eigenvalue weighted by Crippen LogP contribution is 2.36. The second-order valence-electron chi connectivity index (χ2n) is 8.86. The number of halogens is 6. The molecule has 202 valence electrons. The van der Waals surface area contributed by atoms with Crippen molar-refractivity contribution in [2.75, 3.05) is 26.2 Å². The van der Waals surface area contributed by atoms with E-state index in [1.165, 1.54) is 4.90 Å². The molecule has 2 saturated heterocycles. The Kier molecular flexibility index (Phi) is 8.88. The molecule has 1 atom stereocenters. The smallest absolute Gasteiger partial charge is 0.344 e. The molecule has 1 aromatic rings. The number of benzene rings is 1. The summed E-state index contributed by atoms with van der Waals surface area (Å²) in [7, 11) is 0. The molecule has 0 saturated carbocycles. The minimum atomic E-state index is -5.01. The standard InChI is InChI=1S/C23H26F6N6O2/c24-22(25,26)16-9-15(10-17(11-16)23(27,28)29)12-31-21(32-14-30)33-18-5-1-2-8-35(20(18)37)13-19(36)34-6-3-4-7-34/h9-11,18H,1-8,12-13H2,(H2,31,32,33). The zero-order valence-electron chi connectivity index (χ0n) is 19.8. The van der Waals surface area contributed by atoms with Crippen LogP contribution in [0.4, 0.5) is 26.3 Å². The van der Waals surface area contributed by atoms with Crippen LogP contribution in [0.2, 0.25) is 0 Å². The number of guanidine groups is 1. The number of aliphatic imine (C=N–C) groups is 1. The molecule has 1 unspecified atom stereocenters. The van der Waals surface area contributed by atoms with Crippen LogP contribution >= 0.6 is 0 Å². The van der Waals surface area contributed by atoms with Crippen molar-refractivity contribution in [2.45, 2.75) is 57.0 Å². The van der Waals surface area contributed by atoms with Gasteiger partial charge in [0.05, 0.1) is 24.2 Å². The Balaban J connectivity index is 1.77. The number of carbonyl (C=O) groups is 2. The Morgan fingerprint density at radius 2 is 1.59 bits per heavy atom. The van der Waals surface area contributed by atoms with E-state index in [-0.39, 0.29) is 30.0 Å². The molecule has 0 aromatic heterocycles. The van der Waals surface area contributed by atoms with E-state index in [2.05, 4.69) is 15.6 Å². The van der Waals surface area contributed by atoms with Crippen molar-refractivity contribution < 1.29 is 35.9 Å². The molecule has 1 aromatic carbocycles. The molecule has 2 heterocycles. The molecule has 0 bridgehead atoms. The maximum absolute atomic E-state index is 13.1. The molecule has 14 heteroatoms. The van der Waals surface area contributed by atoms with Crippen molar-refractivity contribution in [2.24, 2.45) is 4.99 Å². The van der Waals surface area contributed by atoms with Crippen LogP contribution in [0.15, 0.2) is 23.2 Å². The van der Waals surface area contributed by atoms with Crippen LogP contribution in [-0.2, 0) is 28.5 Å². The van der Waals surface area contributed by atoms with Gasteiger partial charge in [0.25, 0.3) is 0 Å². The zero-order chi connectivity index (χ0) is 27.2. The van der Waals surface area contributed by atoms with Crippen LogP contribution in [0, 0.1) is 11.5 Å². The number of amides is 2. The number of likely N-dealkylation sites (tertiary alicyclic amines) is 2. The minimum Gasteiger partial charge on any atom is -0.344 e. The fourth-order valence-electron chi connectivity index (χ4n) is 4.25. The van der Waals surface area contributed by atoms with Gasteiger partial charge in [-0.2, -0.15) is 31.6 Å². The fraction of sp³-hybridized carbons (Fsp3) is 0.565. The Bertz CT molecular complexity index is 1030. The van der Waals surface area contributed by atoms with Gasteiger partial charge in [-0.25, -0.2) is 4.99 Å². The largest absolute Gasteiger partial charge is 0.416 e. The lowest BCUT2D eigenvalue weighted by Crippen LogP contribution is -2.52. The van der Waals surface area contributed by atoms with Gasteiger partial charge in [-0.1, -0.05) is 0 Å². The number of nitriles is 1. The van der Waals surface area contributed by atoms with Crippen LogP contribution < -0.4 is 10.6 Å². The number of rotatable bonds is 5. The quantitative estimate of drug-likeness (QED) is 0.199. The Hall–Kier alpha value is -3.50. The second kappa shape index (κ2) is 11.7. The number of alkyl halides is 6. The third-order valence-electron chi connectivity index (χ3n) is 6.12. The molecule has 37 heavy (non-hydrogen) atoms. The molecule has 8 nitrogen and oxygen atoms in total. The number of hydrogen-bond acceptors (Lipinski definition) is 4. The van der Waals surface area contributed by atoms with E-state index in [1.54, 1.807) is 11.1 Å². The van der Waals surface area contributed by atoms with Gasteiger partial charge in [0.1, 0.15) is 6.04 Å². The first-order chi connectivity index (χ1) is 17.4. The van der Waals surface area contributed by atoms with Crippen LogP contribution in [0.1, 0.15) is 48.8 Å². The number of hydrogen-bond donors (Lipinski definition) is 2. The molecule has 0 aliphatic carbocycles. The maximum Gasteiger partial charge on any atom is 0.416 e. The minimum absolute atomic E-state index is 0.0160. The van der Waals surface area contributed by atoms with Crippen LogP contribution in [0.25, 0.3) is 0 Å². The molecular weight excluding hydrogens is 506 g/mol. The first kappa shape index (κ1) is 28.1. The summed E-state index contributed by atoms with van der Waals surface area (Å²) in [4.78, 5) is 32.7. The third kappa shape index (κ3) is 7.74. The van der Waals surface area contributed by atoms with E-state index in [1.807, 2.05) is 0 Å². The van der Waals surface area contributed by atoms with Gasteiger partial charge in [0.15, 0.2) is 6.19 Å². The molecule has 2 amide bonds. The fourth-order valence-corrected chi connectivity index (χ4v) is 4.25. The number of nitrogens with zero attached hydrogens (tertiary/aromatic N) is 4. The summed E-state index contributed by atoms with van der Waals surface area (Å²) < 4.78 is 78.8. The monoisotopic (exact) mass is 532 g/mol. The van der Waals surface area contributed by atoms with Gasteiger partial charge in [0.2, 0.25) is 17.8 Å². The maximum atomic E-state index is 13.1. The molecule has 2 aliphatic heterocycles. The lowest BCUT2D eigenvalue weighted by Gasteiger charge is -2.27. The lowest BCUT2D eigenvalue weighted by molar-refractivity contribution is -0.143. The predicted octanol–water partition coefficient (Wildman–Crippen LogP) is 3.24. The molecule has 2 N–H and O–H groups in total. The van der Waals surface area contributed by atoms with Crippen LogP contribution in [-0.4, -0.2) is 59.8 Å². The SMILES string of the molecule is N#CNC(=NCc1cc(C(F)(F)F)cc(C(F)(F)F)c1)NC1CCCCN(CC(=O)N2CCCC2)C1=O. The summed E-state index contributed by atoms with van der Waals surface area (Å²) >= 11 is 0. The van der Waals surface area contributed by atoms with Gasteiger partial charge in [-0.15, -0.1) is 0 Å². The second-order valence-corrected chi connectivity index (χ2v) is 8.86. The van der Waals surface area contributed by atoms with Crippen molar-refractivity contribution in [1.29, 1.82) is 5.26 Å². The Morgan fingerprint density at radius 1 is 1.00 bits per heavy atom. The van der Waals surface area contributed by atoms with E-state index in [9.17, 15) is 35.9 Å². The highest BCUT2D eigenvalue weighted by atomic mass is 19.4. The first-order valence-corrected chi connectivity index (χ1v) is 11.7. The van der Waals surface area contributed by atoms with E-state index in [0.717, 1.165) is 12.8 Å². The summed E-state index contributed by atoms with van der Waals surface area (Å²) in [6.07, 6.45) is -5.03. The summed E-state index contributed by atoms with van der Waals surface area (Å²) in [6, 6.07) is 0.222. The van der Waals surface area contributed by atoms with Crippen molar-refractivity contribution >= 4 is 17.8 Å². The van der Waals surface area contributed by atoms with Crippen molar-refractivity contribution in [3.63, 3.8) is 0 Å². The predicted molar refractivity (Wildman–Crippen MR) is 120 cm³/mol. The van der Waals surface area contributed by atoms with Gasteiger partial charge in [-0.3, -0.25) is 14.9 Å². The zero-order valence-corrected chi connectivity index (χ0v) is 19.8. The van der Waals surface area contributed by atoms with Crippen LogP contribution in [0.3, 0.4) is 0 Å². The number of carbonyl (C=O) groups excluding carboxylic acids is 2.